The van der Waals surface area contributed by atoms with Crippen LogP contribution < -0.4 is 15.2 Å². The fourth-order valence-corrected chi connectivity index (χ4v) is 4.90. The Hall–Kier alpha value is -4.26. The Morgan fingerprint density at radius 1 is 1.21 bits per heavy atom. The van der Waals surface area contributed by atoms with Crippen LogP contribution in [0.3, 0.4) is 0 Å². The highest BCUT2D eigenvalue weighted by Gasteiger charge is 2.40. The molecule has 0 bridgehead atoms. The number of rotatable bonds is 6. The zero-order valence-electron chi connectivity index (χ0n) is 20.7. The maximum absolute atomic E-state index is 14.0. The third-order valence-electron chi connectivity index (χ3n) is 6.01. The van der Waals surface area contributed by atoms with Gasteiger partial charge in [-0.25, -0.2) is 13.8 Å². The van der Waals surface area contributed by atoms with E-state index in [0.717, 1.165) is 6.07 Å². The van der Waals surface area contributed by atoms with E-state index in [4.69, 9.17) is 15.6 Å². The first kappa shape index (κ1) is 26.8. The number of amides is 1. The van der Waals surface area contributed by atoms with Gasteiger partial charge >= 0.3 is 0 Å². The van der Waals surface area contributed by atoms with Crippen molar-refractivity contribution in [2.24, 2.45) is 0 Å². The van der Waals surface area contributed by atoms with Crippen molar-refractivity contribution >= 4 is 27.8 Å². The van der Waals surface area contributed by atoms with Gasteiger partial charge in [-0.3, -0.25) is 30.1 Å². The second-order valence-electron chi connectivity index (χ2n) is 8.32. The van der Waals surface area contributed by atoms with Crippen molar-refractivity contribution < 1.29 is 23.4 Å². The quantitative estimate of drug-likeness (QED) is 0.321. The molecule has 0 radical (unpaired) electrons. The van der Waals surface area contributed by atoms with Crippen LogP contribution in [0, 0.1) is 22.5 Å². The number of methoxy groups -OCH3 is 1. The van der Waals surface area contributed by atoms with Crippen LogP contribution in [-0.2, 0) is 6.42 Å². The minimum Gasteiger partial charge on any atom is -0.502 e. The summed E-state index contributed by atoms with van der Waals surface area (Å²) in [5.74, 6) is -2.69. The molecule has 13 heteroatoms. The fraction of sp³-hybridized carbons (Fsp3) is 0.240. The molecule has 3 heterocycles. The van der Waals surface area contributed by atoms with Gasteiger partial charge in [-0.2, -0.15) is 0 Å². The van der Waals surface area contributed by atoms with E-state index in [1.54, 1.807) is 37.2 Å². The third-order valence-corrected chi connectivity index (χ3v) is 6.83. The fourth-order valence-electron chi connectivity index (χ4n) is 4.17. The van der Waals surface area contributed by atoms with Crippen LogP contribution in [0.4, 0.5) is 8.78 Å². The molecule has 1 aromatic carbocycles. The lowest BCUT2D eigenvalue weighted by atomic mass is 10.1. The van der Waals surface area contributed by atoms with Crippen LogP contribution in [0.1, 0.15) is 40.4 Å². The highest BCUT2D eigenvalue weighted by molar-refractivity contribution is 8.26. The summed E-state index contributed by atoms with van der Waals surface area (Å²) in [7, 11) is 3.10. The molecule has 4 rings (SSSR count). The van der Waals surface area contributed by atoms with Crippen molar-refractivity contribution in [3.05, 3.63) is 87.0 Å². The maximum atomic E-state index is 14.0. The Bertz CT molecular complexity index is 1510. The first-order chi connectivity index (χ1) is 18.1. The molecule has 198 valence electrons. The second-order valence-corrected chi connectivity index (χ2v) is 9.43. The van der Waals surface area contributed by atoms with Gasteiger partial charge in [0, 0.05) is 38.3 Å². The minimum absolute atomic E-state index is 0.0559. The number of carbonyl (C=O) groups is 1. The summed E-state index contributed by atoms with van der Waals surface area (Å²) < 4.78 is 33.7. The van der Waals surface area contributed by atoms with Crippen molar-refractivity contribution in [3.8, 4) is 11.6 Å². The Labute approximate surface area is 220 Å². The molecule has 1 aliphatic heterocycles. The molecule has 0 spiro atoms. The third kappa shape index (κ3) is 4.84. The Morgan fingerprint density at radius 3 is 2.61 bits per heavy atom. The monoisotopic (exact) mass is 542 g/mol. The predicted octanol–water partition coefficient (Wildman–Crippen LogP) is 3.26. The highest BCUT2D eigenvalue weighted by Crippen LogP contribution is 2.32. The average Bonchev–Trinajstić information content (AvgIpc) is 2.88. The van der Waals surface area contributed by atoms with Gasteiger partial charge in [-0.05, 0) is 24.6 Å². The number of benzene rings is 1. The lowest BCUT2D eigenvalue weighted by Crippen LogP contribution is -2.55. The second kappa shape index (κ2) is 10.6. The van der Waals surface area contributed by atoms with Gasteiger partial charge in [-0.1, -0.05) is 23.9 Å². The molecule has 3 N–H and O–H groups in total. The van der Waals surface area contributed by atoms with Crippen molar-refractivity contribution in [1.29, 1.82) is 10.8 Å². The van der Waals surface area contributed by atoms with Crippen molar-refractivity contribution in [2.45, 2.75) is 19.5 Å². The number of nitrogens with zero attached hydrogens (tertiary/aromatic N) is 4. The Kier molecular flexibility index (Phi) is 7.49. The number of aromatic nitrogens is 2. The van der Waals surface area contributed by atoms with E-state index in [9.17, 15) is 23.5 Å². The van der Waals surface area contributed by atoms with E-state index < -0.39 is 34.9 Å². The molecule has 0 saturated heterocycles. The number of halogens is 2. The first-order valence-electron chi connectivity index (χ1n) is 11.4. The highest BCUT2D eigenvalue weighted by atomic mass is 32.2. The zero-order valence-corrected chi connectivity index (χ0v) is 21.5. The number of pyridine rings is 2. The summed E-state index contributed by atoms with van der Waals surface area (Å²) in [6.07, 6.45) is 0.285. The summed E-state index contributed by atoms with van der Waals surface area (Å²) in [5.41, 5.74) is -0.961. The largest absolute Gasteiger partial charge is 0.502 e. The van der Waals surface area contributed by atoms with Gasteiger partial charge in [0.15, 0.2) is 17.6 Å². The number of nitrogens with one attached hydrogen (secondary N) is 2. The van der Waals surface area contributed by atoms with Crippen LogP contribution >= 0.6 is 11.8 Å². The first-order valence-corrected chi connectivity index (χ1v) is 12.2. The number of hydrogen-bond acceptors (Lipinski definition) is 9. The molecule has 1 aliphatic rings. The SMILES string of the molecule is CCN1C(=O)c2c(O)c(=O)c(C(=N)SC(=N)Cc3ccc(F)cc3F)cn2N(C)C1c1cccc(OC)n1. The van der Waals surface area contributed by atoms with Crippen LogP contribution in [-0.4, -0.2) is 56.4 Å². The molecule has 0 aliphatic carbocycles. The lowest BCUT2D eigenvalue weighted by Gasteiger charge is -2.44. The van der Waals surface area contributed by atoms with E-state index in [2.05, 4.69) is 4.98 Å². The lowest BCUT2D eigenvalue weighted by molar-refractivity contribution is 0.0583. The van der Waals surface area contributed by atoms with Gasteiger partial charge < -0.3 is 14.7 Å². The molecule has 1 amide bonds. The summed E-state index contributed by atoms with van der Waals surface area (Å²) in [4.78, 5) is 32.2. The van der Waals surface area contributed by atoms with E-state index >= 15 is 0 Å². The van der Waals surface area contributed by atoms with Gasteiger partial charge in [0.05, 0.1) is 23.4 Å². The normalized spacial score (nSPS) is 14.9. The zero-order chi connectivity index (χ0) is 27.7. The van der Waals surface area contributed by atoms with E-state index in [0.29, 0.717) is 29.4 Å². The van der Waals surface area contributed by atoms with Gasteiger partial charge in [-0.15, -0.1) is 0 Å². The predicted molar refractivity (Wildman–Crippen MR) is 139 cm³/mol. The molecular weight excluding hydrogens is 518 g/mol. The topological polar surface area (TPSA) is 136 Å². The number of ether oxygens (including phenoxy) is 1. The molecule has 1 atom stereocenters. The maximum Gasteiger partial charge on any atom is 0.278 e. The van der Waals surface area contributed by atoms with Crippen molar-refractivity contribution in [1.82, 2.24) is 14.6 Å². The molecule has 38 heavy (non-hydrogen) atoms. The number of thioether (sulfide) groups is 1. The molecule has 0 saturated carbocycles. The molecule has 2 aromatic heterocycles. The molecular formula is C25H24F2N6O4S. The van der Waals surface area contributed by atoms with Crippen LogP contribution in [0.5, 0.6) is 11.6 Å². The average molecular weight is 543 g/mol. The summed E-state index contributed by atoms with van der Waals surface area (Å²) in [5, 5.41) is 28.4. The minimum atomic E-state index is -0.953. The molecule has 3 aromatic rings. The number of carbonyl (C=O) groups excluding carboxylic acids is 1. The number of aromatic hydroxyl groups is 1. The van der Waals surface area contributed by atoms with E-state index in [1.165, 1.54) is 28.9 Å². The van der Waals surface area contributed by atoms with Gasteiger partial charge in [0.2, 0.25) is 11.3 Å². The standard InChI is InChI=1S/C25H24F2N6O4S/c1-4-32-24(17-6-5-7-19(30-17)37-3)31(2)33-12-15(21(34)22(35)20(33)25(32)36)23(29)38-18(28)10-13-8-9-14(26)11-16(13)27/h5-9,11-12,24,28-29,35H,4,10H2,1-3H3. The summed E-state index contributed by atoms with van der Waals surface area (Å²) in [6, 6.07) is 8.06. The van der Waals surface area contributed by atoms with Gasteiger partial charge in [0.1, 0.15) is 16.7 Å². The van der Waals surface area contributed by atoms with Gasteiger partial charge in [0.25, 0.3) is 5.91 Å². The Morgan fingerprint density at radius 2 is 1.95 bits per heavy atom. The van der Waals surface area contributed by atoms with Crippen LogP contribution in [0.25, 0.3) is 0 Å². The number of fused-ring (bicyclic) bond motifs is 1. The Balaban J connectivity index is 1.70. The number of hydrogen-bond donors (Lipinski definition) is 3. The van der Waals surface area contributed by atoms with Crippen molar-refractivity contribution in [2.75, 3.05) is 25.7 Å². The van der Waals surface area contributed by atoms with Crippen LogP contribution in [0.2, 0.25) is 0 Å². The van der Waals surface area contributed by atoms with E-state index in [-0.39, 0.29) is 39.9 Å². The summed E-state index contributed by atoms with van der Waals surface area (Å²) in [6.45, 7) is 1.99. The molecule has 1 unspecified atom stereocenters. The smallest absolute Gasteiger partial charge is 0.278 e. The van der Waals surface area contributed by atoms with E-state index in [1.807, 2.05) is 0 Å². The summed E-state index contributed by atoms with van der Waals surface area (Å²) >= 11 is 0.582. The van der Waals surface area contributed by atoms with Crippen molar-refractivity contribution in [3.63, 3.8) is 0 Å². The molecule has 0 fully saturated rings. The van der Waals surface area contributed by atoms with Crippen LogP contribution in [0.15, 0.2) is 47.4 Å². The molecule has 10 nitrogen and oxygen atoms in total.